The van der Waals surface area contributed by atoms with Crippen molar-refractivity contribution in [3.8, 4) is 6.07 Å². The number of rotatable bonds is 6. The Hall–Kier alpha value is -0.600. The normalized spacial score (nSPS) is 12.7. The topological polar surface area (TPSA) is 53.0 Å². The van der Waals surface area contributed by atoms with Gasteiger partial charge in [-0.05, 0) is 18.7 Å². The van der Waals surface area contributed by atoms with Crippen molar-refractivity contribution in [2.24, 2.45) is 5.73 Å². The smallest absolute Gasteiger partial charge is 0.0931 e. The molecule has 88 valence electrons. The van der Waals surface area contributed by atoms with Crippen molar-refractivity contribution in [1.82, 2.24) is 4.90 Å². The van der Waals surface area contributed by atoms with Gasteiger partial charge in [-0.2, -0.15) is 5.26 Å². The van der Waals surface area contributed by atoms with Crippen molar-refractivity contribution < 1.29 is 0 Å². The maximum absolute atomic E-state index is 8.61. The van der Waals surface area contributed by atoms with E-state index in [1.807, 2.05) is 12.1 Å². The molecule has 0 saturated carbocycles. The Balaban J connectivity index is 2.75. The van der Waals surface area contributed by atoms with Crippen molar-refractivity contribution in [2.75, 3.05) is 19.6 Å². The molecule has 1 heterocycles. The minimum absolute atomic E-state index is 0.177. The molecule has 0 saturated heterocycles. The molecule has 5 heteroatoms. The number of nitriles is 1. The van der Waals surface area contributed by atoms with E-state index in [0.717, 1.165) is 17.4 Å². The monoisotopic (exact) mass is 257 g/mol. The first-order valence-corrected chi connectivity index (χ1v) is 6.48. The quantitative estimate of drug-likeness (QED) is 0.852. The maximum Gasteiger partial charge on any atom is 0.0931 e. The van der Waals surface area contributed by atoms with Gasteiger partial charge in [0.05, 0.1) is 16.4 Å². The number of nitrogens with zero attached hydrogens (tertiary/aromatic N) is 2. The van der Waals surface area contributed by atoms with E-state index in [2.05, 4.69) is 17.9 Å². The van der Waals surface area contributed by atoms with Crippen LogP contribution in [0, 0.1) is 11.3 Å². The third-order valence-corrected chi connectivity index (χ3v) is 3.84. The lowest BCUT2D eigenvalue weighted by Gasteiger charge is -2.28. The molecule has 0 spiro atoms. The van der Waals surface area contributed by atoms with Crippen LogP contribution in [0.25, 0.3) is 0 Å². The zero-order chi connectivity index (χ0) is 12.0. The first-order chi connectivity index (χ1) is 7.72. The van der Waals surface area contributed by atoms with E-state index in [9.17, 15) is 0 Å². The molecule has 16 heavy (non-hydrogen) atoms. The van der Waals surface area contributed by atoms with Gasteiger partial charge in [0.15, 0.2) is 0 Å². The van der Waals surface area contributed by atoms with Gasteiger partial charge in [0, 0.05) is 24.4 Å². The van der Waals surface area contributed by atoms with E-state index in [0.29, 0.717) is 13.0 Å². The number of halogens is 1. The minimum Gasteiger partial charge on any atom is -0.329 e. The van der Waals surface area contributed by atoms with Crippen LogP contribution in [0.4, 0.5) is 0 Å². The number of hydrogen-bond donors (Lipinski definition) is 1. The van der Waals surface area contributed by atoms with Gasteiger partial charge < -0.3 is 5.73 Å². The molecule has 0 radical (unpaired) electrons. The fourth-order valence-electron chi connectivity index (χ4n) is 1.68. The fraction of sp³-hybridized carbons (Fsp3) is 0.545. The van der Waals surface area contributed by atoms with E-state index in [4.69, 9.17) is 22.6 Å². The van der Waals surface area contributed by atoms with Crippen LogP contribution in [0.1, 0.15) is 24.3 Å². The Morgan fingerprint density at radius 2 is 2.38 bits per heavy atom. The summed E-state index contributed by atoms with van der Waals surface area (Å²) in [4.78, 5) is 3.39. The molecule has 1 aromatic rings. The molecular weight excluding hydrogens is 242 g/mol. The largest absolute Gasteiger partial charge is 0.329 e. The number of thiophene rings is 1. The van der Waals surface area contributed by atoms with Crippen LogP contribution >= 0.6 is 22.9 Å². The maximum atomic E-state index is 8.61. The van der Waals surface area contributed by atoms with Crippen molar-refractivity contribution in [3.05, 3.63) is 21.3 Å². The van der Waals surface area contributed by atoms with Gasteiger partial charge in [-0.25, -0.2) is 0 Å². The Morgan fingerprint density at radius 3 is 2.81 bits per heavy atom. The van der Waals surface area contributed by atoms with Crippen molar-refractivity contribution in [2.45, 2.75) is 19.4 Å². The SMILES string of the molecule is CCN(CCC#N)C(CN)c1ccc(Cl)s1. The lowest BCUT2D eigenvalue weighted by molar-refractivity contribution is 0.220. The second-order valence-corrected chi connectivity index (χ2v) is 5.18. The second-order valence-electron chi connectivity index (χ2n) is 3.43. The van der Waals surface area contributed by atoms with Crippen molar-refractivity contribution in [1.29, 1.82) is 5.26 Å². The van der Waals surface area contributed by atoms with E-state index in [1.165, 1.54) is 4.88 Å². The zero-order valence-electron chi connectivity index (χ0n) is 9.32. The van der Waals surface area contributed by atoms with Crippen LogP contribution in [0.3, 0.4) is 0 Å². The third kappa shape index (κ3) is 3.46. The molecule has 1 aromatic heterocycles. The summed E-state index contributed by atoms with van der Waals surface area (Å²) < 4.78 is 0.782. The van der Waals surface area contributed by atoms with Gasteiger partial charge in [-0.1, -0.05) is 18.5 Å². The Bertz CT molecular complexity index is 358. The highest BCUT2D eigenvalue weighted by Gasteiger charge is 2.18. The van der Waals surface area contributed by atoms with E-state index in [-0.39, 0.29) is 6.04 Å². The Morgan fingerprint density at radius 1 is 1.62 bits per heavy atom. The molecule has 0 fully saturated rings. The Labute approximate surface area is 105 Å². The average molecular weight is 258 g/mol. The summed E-state index contributed by atoms with van der Waals surface area (Å²) in [6.07, 6.45) is 0.531. The van der Waals surface area contributed by atoms with Gasteiger partial charge in [0.2, 0.25) is 0 Å². The fourth-order valence-corrected chi connectivity index (χ4v) is 2.89. The molecule has 0 aliphatic heterocycles. The predicted octanol–water partition coefficient (Wildman–Crippen LogP) is 2.64. The summed E-state index contributed by atoms with van der Waals surface area (Å²) in [5.41, 5.74) is 5.80. The highest BCUT2D eigenvalue weighted by molar-refractivity contribution is 7.16. The highest BCUT2D eigenvalue weighted by atomic mass is 35.5. The van der Waals surface area contributed by atoms with Gasteiger partial charge in [0.1, 0.15) is 0 Å². The molecule has 3 nitrogen and oxygen atoms in total. The molecule has 1 atom stereocenters. The van der Waals surface area contributed by atoms with Crippen LogP contribution in [0.15, 0.2) is 12.1 Å². The summed E-state index contributed by atoms with van der Waals surface area (Å²) in [7, 11) is 0. The molecule has 0 aliphatic carbocycles. The summed E-state index contributed by atoms with van der Waals surface area (Å²) in [6, 6.07) is 6.24. The average Bonchev–Trinajstić information content (AvgIpc) is 2.70. The van der Waals surface area contributed by atoms with Crippen LogP contribution in [-0.4, -0.2) is 24.5 Å². The summed E-state index contributed by atoms with van der Waals surface area (Å²) >= 11 is 7.48. The van der Waals surface area contributed by atoms with Crippen LogP contribution in [-0.2, 0) is 0 Å². The van der Waals surface area contributed by atoms with E-state index in [1.54, 1.807) is 11.3 Å². The van der Waals surface area contributed by atoms with Gasteiger partial charge >= 0.3 is 0 Å². The summed E-state index contributed by atoms with van der Waals surface area (Å²) in [5, 5.41) is 8.61. The number of hydrogen-bond acceptors (Lipinski definition) is 4. The van der Waals surface area contributed by atoms with Gasteiger partial charge in [-0.3, -0.25) is 4.90 Å². The molecule has 0 aromatic carbocycles. The van der Waals surface area contributed by atoms with Crippen molar-refractivity contribution >= 4 is 22.9 Å². The number of nitrogens with two attached hydrogens (primary N) is 1. The van der Waals surface area contributed by atoms with E-state index < -0.39 is 0 Å². The molecule has 0 amide bonds. The first kappa shape index (κ1) is 13.5. The standard InChI is InChI=1S/C11H16ClN3S/c1-2-15(7-3-6-13)9(8-14)10-4-5-11(12)16-10/h4-5,9H,2-3,7-8,14H2,1H3. The molecular formula is C11H16ClN3S. The lowest BCUT2D eigenvalue weighted by atomic mass is 10.2. The molecule has 1 unspecified atom stereocenters. The Kier molecular flexibility index (Phi) is 5.78. The molecule has 0 bridgehead atoms. The van der Waals surface area contributed by atoms with Crippen LogP contribution in [0.5, 0.6) is 0 Å². The highest BCUT2D eigenvalue weighted by Crippen LogP contribution is 2.29. The molecule has 1 rings (SSSR count). The van der Waals surface area contributed by atoms with Crippen LogP contribution < -0.4 is 5.73 Å². The van der Waals surface area contributed by atoms with Crippen LogP contribution in [0.2, 0.25) is 4.34 Å². The summed E-state index contributed by atoms with van der Waals surface area (Å²) in [6.45, 7) is 4.27. The molecule has 0 aliphatic rings. The third-order valence-electron chi connectivity index (χ3n) is 2.50. The lowest BCUT2D eigenvalue weighted by Crippen LogP contribution is -2.33. The van der Waals surface area contributed by atoms with E-state index >= 15 is 0 Å². The van der Waals surface area contributed by atoms with Crippen molar-refractivity contribution in [3.63, 3.8) is 0 Å². The minimum atomic E-state index is 0.177. The first-order valence-electron chi connectivity index (χ1n) is 5.29. The number of likely N-dealkylation sites (N-methyl/N-ethyl adjacent to an activating group) is 1. The summed E-state index contributed by atoms with van der Waals surface area (Å²) in [5.74, 6) is 0. The predicted molar refractivity (Wildman–Crippen MR) is 68.6 cm³/mol. The molecule has 2 N–H and O–H groups in total. The second kappa shape index (κ2) is 6.87. The van der Waals surface area contributed by atoms with Gasteiger partial charge in [-0.15, -0.1) is 11.3 Å². The van der Waals surface area contributed by atoms with Gasteiger partial charge in [0.25, 0.3) is 0 Å². The zero-order valence-corrected chi connectivity index (χ0v) is 10.9.